The van der Waals surface area contributed by atoms with Gasteiger partial charge >= 0.3 is 0 Å². The first-order valence-electron chi connectivity index (χ1n) is 7.29. The summed E-state index contributed by atoms with van der Waals surface area (Å²) < 4.78 is 37.0. The quantitative estimate of drug-likeness (QED) is 0.604. The van der Waals surface area contributed by atoms with Gasteiger partial charge in [-0.1, -0.05) is 42.5 Å². The van der Waals surface area contributed by atoms with Crippen molar-refractivity contribution in [1.29, 1.82) is 0 Å². The summed E-state index contributed by atoms with van der Waals surface area (Å²) in [4.78, 5) is 0.182. The highest BCUT2D eigenvalue weighted by Crippen LogP contribution is 2.29. The first-order chi connectivity index (χ1) is 11.6. The molecule has 0 unspecified atom stereocenters. The molecule has 0 atom stereocenters. The average molecular weight is 355 g/mol. The molecular formula is C17H13N3O2S2. The lowest BCUT2D eigenvalue weighted by atomic mass is 10.1. The molecule has 4 rings (SSSR count). The van der Waals surface area contributed by atoms with E-state index in [1.165, 1.54) is 0 Å². The van der Waals surface area contributed by atoms with Gasteiger partial charge in [-0.15, -0.1) is 0 Å². The second-order valence-corrected chi connectivity index (χ2v) is 7.62. The summed E-state index contributed by atoms with van der Waals surface area (Å²) in [6.45, 7) is 1.76. The Kier molecular flexibility index (Phi) is 3.47. The lowest BCUT2D eigenvalue weighted by Crippen LogP contribution is -2.15. The van der Waals surface area contributed by atoms with Gasteiger partial charge in [-0.25, -0.2) is 8.42 Å². The second kappa shape index (κ2) is 5.54. The predicted octanol–water partition coefficient (Wildman–Crippen LogP) is 3.95. The van der Waals surface area contributed by atoms with Crippen molar-refractivity contribution in [3.05, 3.63) is 60.2 Å². The highest BCUT2D eigenvalue weighted by atomic mass is 32.2. The Morgan fingerprint density at radius 3 is 2.62 bits per heavy atom. The highest BCUT2D eigenvalue weighted by molar-refractivity contribution is 7.93. The Morgan fingerprint density at radius 2 is 1.75 bits per heavy atom. The van der Waals surface area contributed by atoms with Crippen molar-refractivity contribution in [3.8, 4) is 0 Å². The predicted molar refractivity (Wildman–Crippen MR) is 96.9 cm³/mol. The van der Waals surface area contributed by atoms with Crippen LogP contribution in [0, 0.1) is 6.92 Å². The van der Waals surface area contributed by atoms with E-state index in [1.807, 2.05) is 36.4 Å². The van der Waals surface area contributed by atoms with Crippen LogP contribution in [0.25, 0.3) is 21.8 Å². The number of aryl methyl sites for hydroxylation is 1. The van der Waals surface area contributed by atoms with Gasteiger partial charge in [0.15, 0.2) is 0 Å². The van der Waals surface area contributed by atoms with Crippen LogP contribution in [-0.2, 0) is 10.0 Å². The number of sulfonamides is 1. The summed E-state index contributed by atoms with van der Waals surface area (Å²) in [6, 6.07) is 16.7. The Labute approximate surface area is 143 Å². The van der Waals surface area contributed by atoms with Crippen LogP contribution in [0.5, 0.6) is 0 Å². The zero-order chi connectivity index (χ0) is 16.7. The van der Waals surface area contributed by atoms with Crippen LogP contribution >= 0.6 is 11.7 Å². The van der Waals surface area contributed by atoms with E-state index in [4.69, 9.17) is 0 Å². The summed E-state index contributed by atoms with van der Waals surface area (Å²) in [7, 11) is -3.78. The minimum atomic E-state index is -3.78. The second-order valence-electron chi connectivity index (χ2n) is 5.48. The number of rotatable bonds is 3. The van der Waals surface area contributed by atoms with E-state index in [-0.39, 0.29) is 4.90 Å². The lowest BCUT2D eigenvalue weighted by molar-refractivity contribution is 0.601. The molecule has 0 aliphatic carbocycles. The Balaban J connectivity index is 1.89. The van der Waals surface area contributed by atoms with Crippen LogP contribution in [0.15, 0.2) is 59.5 Å². The Hall–Kier alpha value is -2.51. The molecule has 4 aromatic rings. The van der Waals surface area contributed by atoms with E-state index in [0.717, 1.165) is 22.5 Å². The van der Waals surface area contributed by atoms with Crippen molar-refractivity contribution in [1.82, 2.24) is 8.75 Å². The van der Waals surface area contributed by atoms with Gasteiger partial charge in [0.2, 0.25) is 0 Å². The highest BCUT2D eigenvalue weighted by Gasteiger charge is 2.23. The van der Waals surface area contributed by atoms with Gasteiger partial charge in [0.05, 0.1) is 17.4 Å². The van der Waals surface area contributed by atoms with Crippen molar-refractivity contribution < 1.29 is 8.42 Å². The molecule has 120 valence electrons. The van der Waals surface area contributed by atoms with Crippen LogP contribution in [0.1, 0.15) is 5.56 Å². The molecule has 5 nitrogen and oxygen atoms in total. The standard InChI is InChI=1S/C17H13N3O2S2/c1-11-9-10-15-16(19-23-18-15)17(11)24(21,22)20-14-8-4-6-12-5-2-3-7-13(12)14/h2-10,20H,1H3. The van der Waals surface area contributed by atoms with Gasteiger partial charge in [-0.05, 0) is 30.0 Å². The van der Waals surface area contributed by atoms with Crippen LogP contribution < -0.4 is 4.72 Å². The van der Waals surface area contributed by atoms with E-state index >= 15 is 0 Å². The van der Waals surface area contributed by atoms with Crippen LogP contribution in [0.3, 0.4) is 0 Å². The van der Waals surface area contributed by atoms with Crippen molar-refractivity contribution in [2.24, 2.45) is 0 Å². The SMILES string of the molecule is Cc1ccc2nsnc2c1S(=O)(=O)Nc1cccc2ccccc12. The zero-order valence-electron chi connectivity index (χ0n) is 12.7. The number of anilines is 1. The summed E-state index contributed by atoms with van der Waals surface area (Å²) in [5, 5.41) is 1.83. The molecule has 0 aliphatic heterocycles. The van der Waals surface area contributed by atoms with Crippen LogP contribution in [-0.4, -0.2) is 17.2 Å². The fraction of sp³-hybridized carbons (Fsp3) is 0.0588. The maximum atomic E-state index is 13.0. The van der Waals surface area contributed by atoms with Gasteiger partial charge in [-0.3, -0.25) is 4.72 Å². The molecule has 1 N–H and O–H groups in total. The molecule has 1 heterocycles. The maximum Gasteiger partial charge on any atom is 0.264 e. The first-order valence-corrected chi connectivity index (χ1v) is 9.50. The fourth-order valence-electron chi connectivity index (χ4n) is 2.78. The van der Waals surface area contributed by atoms with Crippen LogP contribution in [0.2, 0.25) is 0 Å². The topological polar surface area (TPSA) is 72.0 Å². The number of benzene rings is 3. The fourth-order valence-corrected chi connectivity index (χ4v) is 4.84. The number of aromatic nitrogens is 2. The third-order valence-corrected chi connectivity index (χ3v) is 5.97. The van der Waals surface area contributed by atoms with E-state index in [2.05, 4.69) is 13.5 Å². The van der Waals surface area contributed by atoms with Crippen molar-refractivity contribution in [3.63, 3.8) is 0 Å². The number of hydrogen-bond donors (Lipinski definition) is 1. The Morgan fingerprint density at radius 1 is 0.958 bits per heavy atom. The van der Waals surface area contributed by atoms with Gasteiger partial charge in [-0.2, -0.15) is 8.75 Å². The minimum absolute atomic E-state index is 0.182. The normalized spacial score (nSPS) is 11.9. The van der Waals surface area contributed by atoms with E-state index in [9.17, 15) is 8.42 Å². The van der Waals surface area contributed by atoms with Gasteiger partial charge in [0, 0.05) is 5.39 Å². The summed E-state index contributed by atoms with van der Waals surface area (Å²) in [5.41, 5.74) is 2.19. The summed E-state index contributed by atoms with van der Waals surface area (Å²) >= 11 is 1.01. The van der Waals surface area contributed by atoms with Gasteiger partial charge in [0.25, 0.3) is 10.0 Å². The number of nitrogens with zero attached hydrogens (tertiary/aromatic N) is 2. The largest absolute Gasteiger partial charge is 0.279 e. The number of fused-ring (bicyclic) bond motifs is 2. The first kappa shape index (κ1) is 15.0. The Bertz CT molecular complexity index is 1160. The zero-order valence-corrected chi connectivity index (χ0v) is 14.4. The maximum absolute atomic E-state index is 13.0. The van der Waals surface area contributed by atoms with E-state index in [0.29, 0.717) is 22.3 Å². The van der Waals surface area contributed by atoms with Crippen molar-refractivity contribution in [2.75, 3.05) is 4.72 Å². The molecule has 1 aromatic heterocycles. The monoisotopic (exact) mass is 355 g/mol. The average Bonchev–Trinajstić information content (AvgIpc) is 3.02. The van der Waals surface area contributed by atoms with E-state index in [1.54, 1.807) is 25.1 Å². The molecule has 0 saturated carbocycles. The third kappa shape index (κ3) is 2.42. The third-order valence-electron chi connectivity index (χ3n) is 3.88. The molecule has 3 aromatic carbocycles. The molecular weight excluding hydrogens is 342 g/mol. The molecule has 7 heteroatoms. The molecule has 0 fully saturated rings. The van der Waals surface area contributed by atoms with Gasteiger partial charge in [0.1, 0.15) is 15.9 Å². The number of hydrogen-bond acceptors (Lipinski definition) is 5. The molecule has 0 saturated heterocycles. The molecule has 0 amide bonds. The lowest BCUT2D eigenvalue weighted by Gasteiger charge is -2.12. The molecule has 0 radical (unpaired) electrons. The van der Waals surface area contributed by atoms with Crippen molar-refractivity contribution in [2.45, 2.75) is 11.8 Å². The summed E-state index contributed by atoms with van der Waals surface area (Å²) in [5.74, 6) is 0. The molecule has 0 aliphatic rings. The summed E-state index contributed by atoms with van der Waals surface area (Å²) in [6.07, 6.45) is 0. The molecule has 0 bridgehead atoms. The smallest absolute Gasteiger partial charge is 0.264 e. The van der Waals surface area contributed by atoms with E-state index < -0.39 is 10.0 Å². The molecule has 24 heavy (non-hydrogen) atoms. The van der Waals surface area contributed by atoms with Gasteiger partial charge < -0.3 is 0 Å². The minimum Gasteiger partial charge on any atom is -0.279 e. The molecule has 0 spiro atoms. The number of nitrogens with one attached hydrogen (secondary N) is 1. The van der Waals surface area contributed by atoms with Crippen molar-refractivity contribution >= 4 is 49.2 Å². The van der Waals surface area contributed by atoms with Crippen LogP contribution in [0.4, 0.5) is 5.69 Å².